The van der Waals surface area contributed by atoms with Gasteiger partial charge in [0.1, 0.15) is 0 Å². The maximum Gasteiger partial charge on any atom is 0.0715 e. The fraction of sp³-hybridized carbons (Fsp3) is 0.0789. The lowest BCUT2D eigenvalue weighted by molar-refractivity contribution is 0.660. The lowest BCUT2D eigenvalue weighted by Gasteiger charge is -2.22. The Kier molecular flexibility index (Phi) is 5.52. The minimum Gasteiger partial charge on any atom is -0.248 e. The van der Waals surface area contributed by atoms with Crippen LogP contribution in [0.1, 0.15) is 25.0 Å². The zero-order valence-electron chi connectivity index (χ0n) is 22.2. The molecule has 1 heterocycles. The molecule has 0 saturated heterocycles. The van der Waals surface area contributed by atoms with Gasteiger partial charge in [0.2, 0.25) is 0 Å². The lowest BCUT2D eigenvalue weighted by Crippen LogP contribution is -2.14. The summed E-state index contributed by atoms with van der Waals surface area (Å²) in [5.74, 6) is 0. The molecule has 0 N–H and O–H groups in total. The van der Waals surface area contributed by atoms with Crippen LogP contribution in [0.15, 0.2) is 140 Å². The molecule has 1 nitrogen and oxygen atoms in total. The molecule has 39 heavy (non-hydrogen) atoms. The van der Waals surface area contributed by atoms with Crippen LogP contribution in [-0.4, -0.2) is 4.98 Å². The highest BCUT2D eigenvalue weighted by atomic mass is 14.7. The summed E-state index contributed by atoms with van der Waals surface area (Å²) in [5.41, 5.74) is 14.5. The molecule has 0 saturated carbocycles. The summed E-state index contributed by atoms with van der Waals surface area (Å²) >= 11 is 0. The van der Waals surface area contributed by atoms with Crippen LogP contribution in [0.4, 0.5) is 0 Å². The normalized spacial score (nSPS) is 13.1. The van der Waals surface area contributed by atoms with E-state index in [-0.39, 0.29) is 5.41 Å². The van der Waals surface area contributed by atoms with Crippen molar-refractivity contribution >= 4 is 0 Å². The van der Waals surface area contributed by atoms with E-state index in [4.69, 9.17) is 4.98 Å². The zero-order chi connectivity index (χ0) is 26.4. The quantitative estimate of drug-likeness (QED) is 0.235. The summed E-state index contributed by atoms with van der Waals surface area (Å²) < 4.78 is 0. The fourth-order valence-electron chi connectivity index (χ4n) is 5.97. The van der Waals surface area contributed by atoms with Crippen molar-refractivity contribution in [2.24, 2.45) is 0 Å². The Morgan fingerprint density at radius 3 is 1.72 bits per heavy atom. The molecule has 0 spiro atoms. The second-order valence-electron chi connectivity index (χ2n) is 10.9. The average Bonchev–Trinajstić information content (AvgIpc) is 3.24. The standard InChI is InChI=1S/C38H29N/c1-38(2)34-19-10-9-18-32(34)33-21-20-29(23-35(33)38)28-16-11-17-30(22-28)37-25-31(26-12-5-3-6-13-26)24-36(39-37)27-14-7-4-8-15-27/h3-25H,1-2H3. The third-order valence-corrected chi connectivity index (χ3v) is 8.08. The van der Waals surface area contributed by atoms with Gasteiger partial charge in [-0.3, -0.25) is 0 Å². The lowest BCUT2D eigenvalue weighted by atomic mass is 9.81. The van der Waals surface area contributed by atoms with Crippen molar-refractivity contribution in [3.05, 3.63) is 151 Å². The van der Waals surface area contributed by atoms with Gasteiger partial charge < -0.3 is 0 Å². The first kappa shape index (κ1) is 23.4. The summed E-state index contributed by atoms with van der Waals surface area (Å²) in [4.78, 5) is 5.14. The van der Waals surface area contributed by atoms with Crippen LogP contribution in [0.5, 0.6) is 0 Å². The molecule has 0 atom stereocenters. The van der Waals surface area contributed by atoms with Crippen LogP contribution in [0.25, 0.3) is 55.9 Å². The minimum absolute atomic E-state index is 0.0182. The molecule has 1 aromatic heterocycles. The summed E-state index contributed by atoms with van der Waals surface area (Å²) in [6.07, 6.45) is 0. The first-order chi connectivity index (χ1) is 19.1. The highest BCUT2D eigenvalue weighted by Crippen LogP contribution is 2.49. The molecular weight excluding hydrogens is 470 g/mol. The number of pyridine rings is 1. The Morgan fingerprint density at radius 2 is 0.949 bits per heavy atom. The molecule has 186 valence electrons. The average molecular weight is 500 g/mol. The topological polar surface area (TPSA) is 12.9 Å². The third-order valence-electron chi connectivity index (χ3n) is 8.08. The highest BCUT2D eigenvalue weighted by Gasteiger charge is 2.35. The van der Waals surface area contributed by atoms with Gasteiger partial charge >= 0.3 is 0 Å². The Bertz CT molecular complexity index is 1760. The van der Waals surface area contributed by atoms with E-state index in [1.165, 1.54) is 44.5 Å². The molecule has 1 aliphatic rings. The third kappa shape index (κ3) is 4.08. The number of hydrogen-bond acceptors (Lipinski definition) is 1. The molecule has 0 fully saturated rings. The van der Waals surface area contributed by atoms with E-state index in [0.717, 1.165) is 22.5 Å². The zero-order valence-corrected chi connectivity index (χ0v) is 22.2. The van der Waals surface area contributed by atoms with E-state index in [1.807, 2.05) is 6.07 Å². The molecule has 1 aliphatic carbocycles. The molecule has 6 aromatic rings. The van der Waals surface area contributed by atoms with Crippen LogP contribution in [0.2, 0.25) is 0 Å². The van der Waals surface area contributed by atoms with Crippen molar-refractivity contribution in [2.75, 3.05) is 0 Å². The van der Waals surface area contributed by atoms with Crippen LogP contribution in [0.3, 0.4) is 0 Å². The van der Waals surface area contributed by atoms with E-state index in [1.54, 1.807) is 0 Å². The molecule has 1 heteroatoms. The Hall–Kier alpha value is -4.75. The van der Waals surface area contributed by atoms with Gasteiger partial charge in [-0.25, -0.2) is 4.98 Å². The summed E-state index contributed by atoms with van der Waals surface area (Å²) in [6, 6.07) is 50.0. The van der Waals surface area contributed by atoms with Crippen LogP contribution < -0.4 is 0 Å². The predicted octanol–water partition coefficient (Wildman–Crippen LogP) is 10.1. The molecule has 0 unspecified atom stereocenters. The minimum atomic E-state index is -0.0182. The van der Waals surface area contributed by atoms with Crippen molar-refractivity contribution < 1.29 is 0 Å². The molecule has 7 rings (SSSR count). The van der Waals surface area contributed by atoms with Crippen LogP contribution in [0, 0.1) is 0 Å². The Morgan fingerprint density at radius 1 is 0.385 bits per heavy atom. The molecular formula is C38H29N. The van der Waals surface area contributed by atoms with Gasteiger partial charge in [-0.15, -0.1) is 0 Å². The largest absolute Gasteiger partial charge is 0.248 e. The van der Waals surface area contributed by atoms with E-state index < -0.39 is 0 Å². The van der Waals surface area contributed by atoms with Gasteiger partial charge in [-0.05, 0) is 68.8 Å². The van der Waals surface area contributed by atoms with Gasteiger partial charge in [-0.1, -0.05) is 129 Å². The van der Waals surface area contributed by atoms with Crippen molar-refractivity contribution in [3.63, 3.8) is 0 Å². The molecule has 5 aromatic carbocycles. The smallest absolute Gasteiger partial charge is 0.0715 e. The summed E-state index contributed by atoms with van der Waals surface area (Å²) in [5, 5.41) is 0. The second-order valence-corrected chi connectivity index (χ2v) is 10.9. The number of fused-ring (bicyclic) bond motifs is 3. The van der Waals surface area contributed by atoms with E-state index in [0.29, 0.717) is 0 Å². The second kappa shape index (κ2) is 9.22. The molecule has 0 amide bonds. The van der Waals surface area contributed by atoms with Gasteiger partial charge in [0, 0.05) is 16.5 Å². The van der Waals surface area contributed by atoms with E-state index >= 15 is 0 Å². The number of benzene rings is 5. The molecule has 0 bridgehead atoms. The number of rotatable bonds is 4. The monoisotopic (exact) mass is 499 g/mol. The van der Waals surface area contributed by atoms with E-state index in [9.17, 15) is 0 Å². The summed E-state index contributed by atoms with van der Waals surface area (Å²) in [7, 11) is 0. The van der Waals surface area contributed by atoms with Crippen molar-refractivity contribution in [1.82, 2.24) is 4.98 Å². The first-order valence-corrected chi connectivity index (χ1v) is 13.6. The SMILES string of the molecule is CC1(C)c2ccccc2-c2ccc(-c3cccc(-c4cc(-c5ccccc5)cc(-c5ccccc5)n4)c3)cc21. The van der Waals surface area contributed by atoms with Crippen molar-refractivity contribution in [3.8, 4) is 55.9 Å². The number of aromatic nitrogens is 1. The van der Waals surface area contributed by atoms with Crippen LogP contribution >= 0.6 is 0 Å². The predicted molar refractivity (Wildman–Crippen MR) is 164 cm³/mol. The Balaban J connectivity index is 1.34. The maximum absolute atomic E-state index is 5.14. The van der Waals surface area contributed by atoms with Crippen LogP contribution in [-0.2, 0) is 5.41 Å². The molecule has 0 radical (unpaired) electrons. The number of nitrogens with zero attached hydrogens (tertiary/aromatic N) is 1. The van der Waals surface area contributed by atoms with Gasteiger partial charge in [0.05, 0.1) is 11.4 Å². The van der Waals surface area contributed by atoms with E-state index in [2.05, 4.69) is 147 Å². The van der Waals surface area contributed by atoms with Crippen molar-refractivity contribution in [2.45, 2.75) is 19.3 Å². The van der Waals surface area contributed by atoms with Gasteiger partial charge in [0.15, 0.2) is 0 Å². The van der Waals surface area contributed by atoms with Gasteiger partial charge in [-0.2, -0.15) is 0 Å². The van der Waals surface area contributed by atoms with Crippen molar-refractivity contribution in [1.29, 1.82) is 0 Å². The van der Waals surface area contributed by atoms with Gasteiger partial charge in [0.25, 0.3) is 0 Å². The Labute approximate surface area is 230 Å². The molecule has 0 aliphatic heterocycles. The fourth-order valence-corrected chi connectivity index (χ4v) is 5.97. The maximum atomic E-state index is 5.14. The summed E-state index contributed by atoms with van der Waals surface area (Å²) in [6.45, 7) is 4.67. The highest BCUT2D eigenvalue weighted by molar-refractivity contribution is 5.84. The number of hydrogen-bond donors (Lipinski definition) is 0. The first-order valence-electron chi connectivity index (χ1n) is 13.6.